The number of benzene rings is 2. The highest BCUT2D eigenvalue weighted by Crippen LogP contribution is 2.65. The quantitative estimate of drug-likeness (QED) is 0.761. The molecule has 26 heavy (non-hydrogen) atoms. The van der Waals surface area contributed by atoms with E-state index in [1.807, 2.05) is 12.1 Å². The van der Waals surface area contributed by atoms with Gasteiger partial charge in [-0.2, -0.15) is 0 Å². The zero-order valence-corrected chi connectivity index (χ0v) is 15.4. The van der Waals surface area contributed by atoms with Gasteiger partial charge in [0.25, 0.3) is 0 Å². The summed E-state index contributed by atoms with van der Waals surface area (Å²) < 4.78 is 0. The summed E-state index contributed by atoms with van der Waals surface area (Å²) in [5.41, 5.74) is 4.21. The molecule has 2 heteroatoms. The van der Waals surface area contributed by atoms with Crippen molar-refractivity contribution in [3.63, 3.8) is 0 Å². The van der Waals surface area contributed by atoms with E-state index < -0.39 is 0 Å². The molecule has 3 aliphatic carbocycles. The number of fused-ring (bicyclic) bond motifs is 5. The number of hydrogen-bond donors (Lipinski definition) is 2. The van der Waals surface area contributed by atoms with Crippen molar-refractivity contribution in [1.29, 1.82) is 0 Å². The van der Waals surface area contributed by atoms with Crippen molar-refractivity contribution in [1.82, 2.24) is 0 Å². The van der Waals surface area contributed by atoms with E-state index in [0.29, 0.717) is 29.4 Å². The van der Waals surface area contributed by atoms with Gasteiger partial charge in [-0.15, -0.1) is 0 Å². The molecule has 0 aliphatic heterocycles. The van der Waals surface area contributed by atoms with Crippen LogP contribution in [0.5, 0.6) is 5.75 Å². The van der Waals surface area contributed by atoms with Crippen molar-refractivity contribution in [2.75, 3.05) is 0 Å². The molecule has 0 heterocycles. The predicted molar refractivity (Wildman–Crippen MR) is 103 cm³/mol. The van der Waals surface area contributed by atoms with Crippen LogP contribution in [0.15, 0.2) is 48.5 Å². The largest absolute Gasteiger partial charge is 0.508 e. The second-order valence-corrected chi connectivity index (χ2v) is 9.04. The highest BCUT2D eigenvalue weighted by Gasteiger charge is 2.57. The fourth-order valence-electron chi connectivity index (χ4n) is 6.69. The Kier molecular flexibility index (Phi) is 3.69. The lowest BCUT2D eigenvalue weighted by Gasteiger charge is -2.54. The van der Waals surface area contributed by atoms with Crippen LogP contribution >= 0.6 is 0 Å². The van der Waals surface area contributed by atoms with Crippen LogP contribution in [0.4, 0.5) is 0 Å². The highest BCUT2D eigenvalue weighted by atomic mass is 16.3. The van der Waals surface area contributed by atoms with Crippen molar-refractivity contribution >= 4 is 0 Å². The molecule has 5 rings (SSSR count). The zero-order chi connectivity index (χ0) is 17.9. The van der Waals surface area contributed by atoms with E-state index in [9.17, 15) is 10.2 Å². The summed E-state index contributed by atoms with van der Waals surface area (Å²) in [6, 6.07) is 16.9. The molecular formula is C24H28O2. The number of aromatic hydroxyl groups is 1. The summed E-state index contributed by atoms with van der Waals surface area (Å²) in [7, 11) is 0. The monoisotopic (exact) mass is 348 g/mol. The Morgan fingerprint density at radius 1 is 1.00 bits per heavy atom. The Labute approximate surface area is 155 Å². The number of aryl methyl sites for hydroxylation is 1. The number of aliphatic hydroxyl groups excluding tert-OH is 1. The number of phenols is 1. The molecule has 2 aromatic carbocycles. The van der Waals surface area contributed by atoms with Crippen LogP contribution in [0.25, 0.3) is 0 Å². The maximum absolute atomic E-state index is 10.8. The van der Waals surface area contributed by atoms with Crippen LogP contribution in [-0.4, -0.2) is 16.3 Å². The van der Waals surface area contributed by atoms with Crippen LogP contribution in [-0.2, 0) is 6.42 Å². The van der Waals surface area contributed by atoms with E-state index in [0.717, 1.165) is 25.7 Å². The van der Waals surface area contributed by atoms with Gasteiger partial charge in [-0.3, -0.25) is 0 Å². The van der Waals surface area contributed by atoms with Gasteiger partial charge in [-0.25, -0.2) is 0 Å². The maximum atomic E-state index is 10.8. The Bertz CT molecular complexity index is 814. The Morgan fingerprint density at radius 3 is 2.62 bits per heavy atom. The molecule has 2 N–H and O–H groups in total. The first-order valence-electron chi connectivity index (χ1n) is 10.1. The lowest BCUT2D eigenvalue weighted by molar-refractivity contribution is -0.0322. The van der Waals surface area contributed by atoms with Gasteiger partial charge in [0, 0.05) is 0 Å². The van der Waals surface area contributed by atoms with Crippen LogP contribution < -0.4 is 0 Å². The summed E-state index contributed by atoms with van der Waals surface area (Å²) in [6.45, 7) is 2.34. The second-order valence-electron chi connectivity index (χ2n) is 9.04. The highest BCUT2D eigenvalue weighted by molar-refractivity contribution is 5.43. The molecule has 1 unspecified atom stereocenters. The normalized spacial score (nSPS) is 38.3. The molecule has 0 radical (unpaired) electrons. The van der Waals surface area contributed by atoms with Crippen molar-refractivity contribution in [2.45, 2.75) is 57.0 Å². The van der Waals surface area contributed by atoms with Crippen molar-refractivity contribution < 1.29 is 10.2 Å². The molecule has 2 fully saturated rings. The maximum Gasteiger partial charge on any atom is 0.115 e. The van der Waals surface area contributed by atoms with Gasteiger partial charge in [0.1, 0.15) is 5.75 Å². The Balaban J connectivity index is 1.66. The first-order valence-corrected chi connectivity index (χ1v) is 10.1. The molecule has 136 valence electrons. The van der Waals surface area contributed by atoms with Crippen LogP contribution in [0.2, 0.25) is 0 Å². The molecule has 0 saturated heterocycles. The number of hydrogen-bond acceptors (Lipinski definition) is 2. The molecule has 0 spiro atoms. The van der Waals surface area contributed by atoms with Gasteiger partial charge >= 0.3 is 0 Å². The average Bonchev–Trinajstić information content (AvgIpc) is 2.96. The molecule has 0 aromatic heterocycles. The third kappa shape index (κ3) is 2.28. The van der Waals surface area contributed by atoms with E-state index in [1.165, 1.54) is 23.1 Å². The molecule has 0 amide bonds. The van der Waals surface area contributed by atoms with E-state index in [-0.39, 0.29) is 11.5 Å². The van der Waals surface area contributed by atoms with Gasteiger partial charge < -0.3 is 10.2 Å². The molecule has 2 saturated carbocycles. The lowest BCUT2D eigenvalue weighted by atomic mass is 9.51. The fourth-order valence-corrected chi connectivity index (χ4v) is 6.69. The average molecular weight is 348 g/mol. The summed E-state index contributed by atoms with van der Waals surface area (Å²) in [4.78, 5) is 0. The van der Waals surface area contributed by atoms with Gasteiger partial charge in [0.2, 0.25) is 0 Å². The SMILES string of the molecule is C[C@]12CC(c3ccccc3)[C@@H]3c4ccc(O)cc4CC[C@H]3[C@@H]1CC[C@H]2O. The first-order chi connectivity index (χ1) is 12.6. The minimum Gasteiger partial charge on any atom is -0.508 e. The zero-order valence-electron chi connectivity index (χ0n) is 15.4. The number of aliphatic hydroxyl groups is 1. The molecule has 6 atom stereocenters. The third-order valence-corrected chi connectivity index (χ3v) is 7.89. The third-order valence-electron chi connectivity index (χ3n) is 7.89. The second kappa shape index (κ2) is 5.85. The van der Waals surface area contributed by atoms with Crippen LogP contribution in [0.1, 0.15) is 61.1 Å². The molecular weight excluding hydrogens is 320 g/mol. The lowest BCUT2D eigenvalue weighted by Crippen LogP contribution is -2.47. The number of rotatable bonds is 1. The van der Waals surface area contributed by atoms with Gasteiger partial charge in [0.05, 0.1) is 6.10 Å². The summed E-state index contributed by atoms with van der Waals surface area (Å²) in [6.07, 6.45) is 5.24. The minimum absolute atomic E-state index is 0.0378. The van der Waals surface area contributed by atoms with Gasteiger partial charge in [-0.05, 0) is 90.0 Å². The van der Waals surface area contributed by atoms with Gasteiger partial charge in [-0.1, -0.05) is 43.3 Å². The topological polar surface area (TPSA) is 40.5 Å². The fraction of sp³-hybridized carbons (Fsp3) is 0.500. The minimum atomic E-state index is -0.166. The summed E-state index contributed by atoms with van der Waals surface area (Å²) >= 11 is 0. The Hall–Kier alpha value is -1.80. The molecule has 2 nitrogen and oxygen atoms in total. The van der Waals surface area contributed by atoms with E-state index in [2.05, 4.69) is 43.3 Å². The van der Waals surface area contributed by atoms with Crippen LogP contribution in [0.3, 0.4) is 0 Å². The van der Waals surface area contributed by atoms with E-state index >= 15 is 0 Å². The predicted octanol–water partition coefficient (Wildman–Crippen LogP) is 5.00. The van der Waals surface area contributed by atoms with Crippen LogP contribution in [0, 0.1) is 17.3 Å². The van der Waals surface area contributed by atoms with E-state index in [1.54, 1.807) is 0 Å². The van der Waals surface area contributed by atoms with E-state index in [4.69, 9.17) is 0 Å². The van der Waals surface area contributed by atoms with Gasteiger partial charge in [0.15, 0.2) is 0 Å². The van der Waals surface area contributed by atoms with Crippen molar-refractivity contribution in [2.24, 2.45) is 17.3 Å². The molecule has 2 aromatic rings. The van der Waals surface area contributed by atoms with Crippen molar-refractivity contribution in [3.8, 4) is 5.75 Å². The summed E-state index contributed by atoms with van der Waals surface area (Å²) in [5, 5.41) is 20.8. The summed E-state index contributed by atoms with van der Waals surface area (Å²) in [5.74, 6) is 2.58. The van der Waals surface area contributed by atoms with Crippen molar-refractivity contribution in [3.05, 3.63) is 65.2 Å². The molecule has 3 aliphatic rings. The Morgan fingerprint density at radius 2 is 1.81 bits per heavy atom. The number of phenolic OH excluding ortho intramolecular Hbond substituents is 1. The molecule has 0 bridgehead atoms. The smallest absolute Gasteiger partial charge is 0.115 e. The first kappa shape index (κ1) is 16.4. The standard InChI is InChI=1S/C24H28O2/c1-24-14-20(15-5-3-2-4-6-15)23-18-10-8-17(25)13-16(18)7-9-19(23)21(24)11-12-22(24)26/h2-6,8,10,13,19-23,25-26H,7,9,11-12,14H2,1H3/t19-,20?,21-,22+,23+,24-/m0/s1.